The number of allylic oxidation sites excluding steroid dienone is 2. The second-order valence-corrected chi connectivity index (χ2v) is 18.4. The summed E-state index contributed by atoms with van der Waals surface area (Å²) in [6.07, 6.45) is -9.75. The van der Waals surface area contributed by atoms with E-state index in [1.165, 1.54) is 36.4 Å². The number of phenols is 1. The molecule has 0 spiro atoms. The Labute approximate surface area is 314 Å². The second-order valence-electron chi connectivity index (χ2n) is 13.8. The van der Waals surface area contributed by atoms with Gasteiger partial charge in [0.2, 0.25) is 0 Å². The first-order chi connectivity index (χ1) is 25.7. The predicted octanol–water partition coefficient (Wildman–Crippen LogP) is 11.5. The Morgan fingerprint density at radius 2 is 0.909 bits per heavy atom. The Kier molecular flexibility index (Phi) is 11.7. The molecule has 2 nitrogen and oxygen atoms in total. The molecule has 0 saturated carbocycles. The van der Waals surface area contributed by atoms with E-state index in [1.807, 2.05) is 6.07 Å². The van der Waals surface area contributed by atoms with E-state index in [1.54, 1.807) is 56.3 Å². The van der Waals surface area contributed by atoms with Crippen molar-refractivity contribution < 1.29 is 49.4 Å². The molecular formula is C43H38F9O2P. The van der Waals surface area contributed by atoms with E-state index < -0.39 is 47.6 Å². The SMILES string of the molecule is C=CCc1ccc(O)c(-c2cc(CC=C)ccc2OCC(C)(C)[PH](c2ccc(C(F)(F)F)cc2)(c2ccc(C(F)(F)F)cc2)c2ccc(C(F)(F)F)cc2)c1. The molecule has 5 aromatic carbocycles. The van der Waals surface area contributed by atoms with Crippen LogP contribution >= 0.6 is 7.26 Å². The number of alkyl halides is 9. The number of halogens is 9. The van der Waals surface area contributed by atoms with Crippen molar-refractivity contribution in [3.05, 3.63) is 162 Å². The van der Waals surface area contributed by atoms with Crippen molar-refractivity contribution in [1.29, 1.82) is 0 Å². The average Bonchev–Trinajstić information content (AvgIpc) is 3.12. The van der Waals surface area contributed by atoms with Crippen LogP contribution in [-0.4, -0.2) is 16.9 Å². The zero-order valence-corrected chi connectivity index (χ0v) is 30.8. The van der Waals surface area contributed by atoms with E-state index in [0.29, 0.717) is 45.6 Å². The third-order valence-corrected chi connectivity index (χ3v) is 15.5. The number of benzene rings is 5. The maximum absolute atomic E-state index is 13.8. The molecule has 5 aromatic rings. The summed E-state index contributed by atoms with van der Waals surface area (Å²) in [5.74, 6) is 0.262. The Morgan fingerprint density at radius 1 is 0.545 bits per heavy atom. The molecule has 0 radical (unpaired) electrons. The molecule has 0 unspecified atom stereocenters. The van der Waals surface area contributed by atoms with Crippen molar-refractivity contribution in [3.8, 4) is 22.6 Å². The number of aromatic hydroxyl groups is 1. The third kappa shape index (κ3) is 8.62. The molecule has 0 aliphatic carbocycles. The van der Waals surface area contributed by atoms with E-state index in [9.17, 15) is 44.6 Å². The number of rotatable bonds is 12. The van der Waals surface area contributed by atoms with E-state index in [4.69, 9.17) is 4.74 Å². The molecule has 290 valence electrons. The molecule has 12 heteroatoms. The normalized spacial score (nSPS) is 13.0. The first-order valence-corrected chi connectivity index (χ1v) is 19.1. The van der Waals surface area contributed by atoms with Crippen molar-refractivity contribution >= 4 is 23.2 Å². The van der Waals surface area contributed by atoms with Crippen molar-refractivity contribution in [2.24, 2.45) is 0 Å². The molecule has 0 fully saturated rings. The van der Waals surface area contributed by atoms with Gasteiger partial charge < -0.3 is 0 Å². The summed E-state index contributed by atoms with van der Waals surface area (Å²) < 4.78 is 131. The van der Waals surface area contributed by atoms with Crippen LogP contribution in [0.4, 0.5) is 39.5 Å². The van der Waals surface area contributed by atoms with Gasteiger partial charge in [0.05, 0.1) is 0 Å². The number of phenolic OH excluding ortho intramolecular Hbond substituents is 1. The first kappa shape index (κ1) is 41.1. The Morgan fingerprint density at radius 3 is 1.27 bits per heavy atom. The zero-order chi connectivity index (χ0) is 40.4. The van der Waals surface area contributed by atoms with Crippen LogP contribution in [0, 0.1) is 0 Å². The minimum atomic E-state index is -4.72. The van der Waals surface area contributed by atoms with Crippen molar-refractivity contribution in [3.63, 3.8) is 0 Å². The average molecular weight is 789 g/mol. The van der Waals surface area contributed by atoms with Gasteiger partial charge in [0.1, 0.15) is 0 Å². The number of ether oxygens (including phenoxy) is 1. The maximum atomic E-state index is 13.8. The van der Waals surface area contributed by atoms with Gasteiger partial charge >= 0.3 is 314 Å². The Balaban J connectivity index is 1.76. The van der Waals surface area contributed by atoms with E-state index >= 15 is 0 Å². The second kappa shape index (κ2) is 15.6. The summed E-state index contributed by atoms with van der Waals surface area (Å²) in [5.41, 5.74) is -0.295. The predicted molar refractivity (Wildman–Crippen MR) is 202 cm³/mol. The van der Waals surface area contributed by atoms with Crippen LogP contribution in [-0.2, 0) is 31.4 Å². The number of hydrogen-bond donors (Lipinski definition) is 1. The molecule has 0 atom stereocenters. The topological polar surface area (TPSA) is 29.5 Å². The molecule has 1 N–H and O–H groups in total. The van der Waals surface area contributed by atoms with Gasteiger partial charge in [0, 0.05) is 0 Å². The van der Waals surface area contributed by atoms with Gasteiger partial charge in [0.25, 0.3) is 0 Å². The first-order valence-electron chi connectivity index (χ1n) is 17.1. The standard InChI is InChI=1S/C43H38F9O2P/c1-5-7-28-9-23-38(53)36(25-28)37-26-29(8-6-2)10-24-39(37)54-27-40(3,4)55(33-17-11-30(12-18-33)41(44,45)46,34-19-13-31(14-20-34)42(47,48)49)35-21-15-32(16-22-35)43(50,51)52/h5-6,9-26,53,55H,1-2,7-8,27H2,3-4H3. The summed E-state index contributed by atoms with van der Waals surface area (Å²) in [5, 5.41) is 10.7. The van der Waals surface area contributed by atoms with Crippen molar-refractivity contribution in [2.45, 2.75) is 50.4 Å². The van der Waals surface area contributed by atoms with Crippen LogP contribution in [0.1, 0.15) is 41.7 Å². The summed E-state index contributed by atoms with van der Waals surface area (Å²) in [6.45, 7) is 10.8. The molecule has 0 aromatic heterocycles. The summed E-state index contributed by atoms with van der Waals surface area (Å²) in [6, 6.07) is 23.0. The van der Waals surface area contributed by atoms with E-state index in [2.05, 4.69) is 13.2 Å². The van der Waals surface area contributed by atoms with E-state index in [0.717, 1.165) is 47.5 Å². The monoisotopic (exact) mass is 788 g/mol. The molecule has 0 saturated heterocycles. The van der Waals surface area contributed by atoms with Crippen molar-refractivity contribution in [2.75, 3.05) is 6.61 Å². The Hall–Kier alpha value is -5.02. The molecule has 0 aliphatic rings. The molecule has 55 heavy (non-hydrogen) atoms. The van der Waals surface area contributed by atoms with Gasteiger partial charge in [-0.25, -0.2) is 0 Å². The molecule has 0 amide bonds. The van der Waals surface area contributed by atoms with Gasteiger partial charge in [-0.05, 0) is 0 Å². The summed E-state index contributed by atoms with van der Waals surface area (Å²) in [4.78, 5) is 0. The molecule has 0 bridgehead atoms. The fourth-order valence-corrected chi connectivity index (χ4v) is 12.7. The van der Waals surface area contributed by atoms with Crippen LogP contribution < -0.4 is 20.7 Å². The number of hydrogen-bond acceptors (Lipinski definition) is 2. The fourth-order valence-electron chi connectivity index (χ4n) is 7.07. The third-order valence-electron chi connectivity index (χ3n) is 9.69. The van der Waals surface area contributed by atoms with Crippen LogP contribution in [0.3, 0.4) is 0 Å². The van der Waals surface area contributed by atoms with Gasteiger partial charge in [-0.15, -0.1) is 0 Å². The van der Waals surface area contributed by atoms with Crippen LogP contribution in [0.5, 0.6) is 11.5 Å². The van der Waals surface area contributed by atoms with E-state index in [-0.39, 0.29) is 12.4 Å². The van der Waals surface area contributed by atoms with Gasteiger partial charge in [-0.1, -0.05) is 0 Å². The van der Waals surface area contributed by atoms with Gasteiger partial charge in [-0.3, -0.25) is 0 Å². The van der Waals surface area contributed by atoms with Crippen LogP contribution in [0.25, 0.3) is 11.1 Å². The van der Waals surface area contributed by atoms with Crippen LogP contribution in [0.15, 0.2) is 135 Å². The zero-order valence-electron chi connectivity index (χ0n) is 29.8. The van der Waals surface area contributed by atoms with Gasteiger partial charge in [0.15, 0.2) is 0 Å². The molecule has 0 aliphatic heterocycles. The summed E-state index contributed by atoms with van der Waals surface area (Å²) >= 11 is 0. The molecular weight excluding hydrogens is 750 g/mol. The fraction of sp³-hybridized carbons (Fsp3) is 0.209. The molecule has 5 rings (SSSR count). The summed E-state index contributed by atoms with van der Waals surface area (Å²) in [7, 11) is -4.00. The van der Waals surface area contributed by atoms with Crippen LogP contribution in [0.2, 0.25) is 0 Å². The minimum absolute atomic E-state index is 0.0457. The van der Waals surface area contributed by atoms with Crippen molar-refractivity contribution in [1.82, 2.24) is 0 Å². The Bertz CT molecular complexity index is 1990. The molecule has 0 heterocycles. The quantitative estimate of drug-likeness (QED) is 0.0775. The van der Waals surface area contributed by atoms with Gasteiger partial charge in [-0.2, -0.15) is 0 Å².